The number of ether oxygens (including phenoxy) is 2. The van der Waals surface area contributed by atoms with Gasteiger partial charge in [0.25, 0.3) is 11.7 Å². The minimum atomic E-state index is -0.617. The second kappa shape index (κ2) is 10.2. The van der Waals surface area contributed by atoms with Gasteiger partial charge in [0.1, 0.15) is 12.3 Å². The number of rotatable bonds is 7. The van der Waals surface area contributed by atoms with Crippen LogP contribution in [0.2, 0.25) is 0 Å². The average Bonchev–Trinajstić information content (AvgIpc) is 3.27. The van der Waals surface area contributed by atoms with Gasteiger partial charge in [0.05, 0.1) is 25.9 Å². The fourth-order valence-corrected chi connectivity index (χ4v) is 4.66. The van der Waals surface area contributed by atoms with E-state index in [-0.39, 0.29) is 13.9 Å². The Hall–Kier alpha value is -2.87. The molecule has 0 unspecified atom stereocenters. The maximum Gasteiger partial charge on any atom is 0.295 e. The van der Waals surface area contributed by atoms with Crippen molar-refractivity contribution >= 4 is 28.5 Å². The first-order chi connectivity index (χ1) is 15.6. The molecule has 1 saturated carbocycles. The van der Waals surface area contributed by atoms with E-state index in [2.05, 4.69) is 4.98 Å². The van der Waals surface area contributed by atoms with Crippen LogP contribution in [0.25, 0.3) is 10.9 Å². The van der Waals surface area contributed by atoms with Gasteiger partial charge in [0.15, 0.2) is 0 Å². The number of nitrogens with zero attached hydrogens (tertiary/aromatic N) is 2. The molecule has 32 heavy (non-hydrogen) atoms. The molecule has 0 atom stereocenters. The molecular formula is C24H33N3O5. The summed E-state index contributed by atoms with van der Waals surface area (Å²) in [4.78, 5) is 45.7. The summed E-state index contributed by atoms with van der Waals surface area (Å²) in [5, 5.41) is 0.668. The molecule has 1 aliphatic heterocycles. The molecular weight excluding hydrogens is 410 g/mol. The van der Waals surface area contributed by atoms with Crippen molar-refractivity contribution in [3.8, 4) is 5.75 Å². The van der Waals surface area contributed by atoms with E-state index < -0.39 is 11.7 Å². The van der Waals surface area contributed by atoms with E-state index in [0.29, 0.717) is 55.5 Å². The molecule has 0 bridgehead atoms. The fraction of sp³-hybridized carbons (Fsp3) is 0.542. The van der Waals surface area contributed by atoms with Crippen LogP contribution in [0.15, 0.2) is 24.4 Å². The molecule has 2 fully saturated rings. The number of ketones is 1. The molecule has 1 aromatic carbocycles. The molecule has 2 aromatic rings. The molecule has 174 valence electrons. The predicted molar refractivity (Wildman–Crippen MR) is 122 cm³/mol. The van der Waals surface area contributed by atoms with Gasteiger partial charge in [0.2, 0.25) is 5.91 Å². The van der Waals surface area contributed by atoms with Crippen LogP contribution in [0.1, 0.15) is 43.9 Å². The number of amides is 2. The van der Waals surface area contributed by atoms with E-state index in [4.69, 9.17) is 9.47 Å². The third-order valence-electron chi connectivity index (χ3n) is 6.51. The minimum Gasteiger partial charge on any atom is -0.497 e. The summed E-state index contributed by atoms with van der Waals surface area (Å²) in [5.74, 6) is -0.347. The van der Waals surface area contributed by atoms with Gasteiger partial charge in [0, 0.05) is 44.2 Å². The zero-order valence-corrected chi connectivity index (χ0v) is 18.6. The molecule has 4 rings (SSSR count). The van der Waals surface area contributed by atoms with Crippen molar-refractivity contribution in [2.45, 2.75) is 32.1 Å². The average molecular weight is 444 g/mol. The second-order valence-electron chi connectivity index (χ2n) is 8.63. The van der Waals surface area contributed by atoms with Gasteiger partial charge in [-0.2, -0.15) is 0 Å². The zero-order chi connectivity index (χ0) is 22.5. The monoisotopic (exact) mass is 443 g/mol. The molecule has 2 amide bonds. The van der Waals surface area contributed by atoms with Crippen molar-refractivity contribution in [2.24, 2.45) is 5.92 Å². The highest BCUT2D eigenvalue weighted by molar-refractivity contribution is 6.45. The number of hydrogen-bond acceptors (Lipinski definition) is 5. The Balaban J connectivity index is 0.00000306. The highest BCUT2D eigenvalue weighted by Crippen LogP contribution is 2.26. The first-order valence-electron chi connectivity index (χ1n) is 11.4. The van der Waals surface area contributed by atoms with E-state index in [1.807, 2.05) is 0 Å². The summed E-state index contributed by atoms with van der Waals surface area (Å²) in [6.45, 7) is 2.40. The smallest absolute Gasteiger partial charge is 0.295 e. The van der Waals surface area contributed by atoms with Crippen LogP contribution in [0.3, 0.4) is 0 Å². The largest absolute Gasteiger partial charge is 0.497 e. The summed E-state index contributed by atoms with van der Waals surface area (Å²) in [5.41, 5.74) is 1.05. The van der Waals surface area contributed by atoms with E-state index in [0.717, 1.165) is 31.2 Å². The molecule has 8 nitrogen and oxygen atoms in total. The minimum absolute atomic E-state index is 0. The van der Waals surface area contributed by atoms with Gasteiger partial charge in [-0.25, -0.2) is 0 Å². The standard InChI is InChI=1S/C24H31N3O5.H2/c1-31-18-7-8-19-20(14-25-21(19)13-18)23(29)24(30)27(15-17-5-3-2-4-6-17)16-22(28)26-9-11-32-12-10-26;/h7-8,13-14,17,25H,2-6,9-12,15-16H2,1H3;1H. The first-order valence-corrected chi connectivity index (χ1v) is 11.4. The Morgan fingerprint density at radius 3 is 2.66 bits per heavy atom. The van der Waals surface area contributed by atoms with Crippen molar-refractivity contribution in [1.82, 2.24) is 14.8 Å². The molecule has 0 spiro atoms. The molecule has 0 radical (unpaired) electrons. The van der Waals surface area contributed by atoms with E-state index in [1.54, 1.807) is 36.4 Å². The normalized spacial score (nSPS) is 17.3. The maximum absolute atomic E-state index is 13.3. The molecule has 1 N–H and O–H groups in total. The SMILES string of the molecule is COc1ccc2c(C(=O)C(=O)N(CC(=O)N3CCOCC3)CC3CCCCC3)c[nH]c2c1.[HH]. The van der Waals surface area contributed by atoms with Crippen LogP contribution in [-0.4, -0.2) is 78.9 Å². The number of fused-ring (bicyclic) bond motifs is 1. The lowest BCUT2D eigenvalue weighted by Gasteiger charge is -2.32. The number of benzene rings is 1. The van der Waals surface area contributed by atoms with Crippen LogP contribution in [0.4, 0.5) is 0 Å². The summed E-state index contributed by atoms with van der Waals surface area (Å²) in [6, 6.07) is 5.33. The Morgan fingerprint density at radius 1 is 1.19 bits per heavy atom. The summed E-state index contributed by atoms with van der Waals surface area (Å²) in [7, 11) is 1.58. The van der Waals surface area contributed by atoms with Crippen LogP contribution in [-0.2, 0) is 14.3 Å². The number of hydrogen-bond donors (Lipinski definition) is 1. The third kappa shape index (κ3) is 4.96. The van der Waals surface area contributed by atoms with Crippen LogP contribution in [0.5, 0.6) is 5.75 Å². The molecule has 2 aliphatic rings. The lowest BCUT2D eigenvalue weighted by atomic mass is 9.89. The highest BCUT2D eigenvalue weighted by atomic mass is 16.5. The molecule has 1 aromatic heterocycles. The van der Waals surface area contributed by atoms with E-state index in [1.165, 1.54) is 11.3 Å². The van der Waals surface area contributed by atoms with Gasteiger partial charge in [-0.05, 0) is 30.9 Å². The van der Waals surface area contributed by atoms with Crippen molar-refractivity contribution in [3.05, 3.63) is 30.0 Å². The Labute approximate surface area is 189 Å². The Morgan fingerprint density at radius 2 is 1.94 bits per heavy atom. The van der Waals surface area contributed by atoms with Gasteiger partial charge < -0.3 is 24.3 Å². The maximum atomic E-state index is 13.3. The number of carbonyl (C=O) groups excluding carboxylic acids is 3. The van der Waals surface area contributed by atoms with E-state index in [9.17, 15) is 14.4 Å². The van der Waals surface area contributed by atoms with Crippen LogP contribution >= 0.6 is 0 Å². The van der Waals surface area contributed by atoms with Crippen molar-refractivity contribution < 1.29 is 25.3 Å². The van der Waals surface area contributed by atoms with Crippen LogP contribution < -0.4 is 4.74 Å². The zero-order valence-electron chi connectivity index (χ0n) is 18.6. The second-order valence-corrected chi connectivity index (χ2v) is 8.63. The van der Waals surface area contributed by atoms with Gasteiger partial charge in [-0.3, -0.25) is 14.4 Å². The first kappa shape index (κ1) is 22.3. The van der Waals surface area contributed by atoms with Gasteiger partial charge in [-0.1, -0.05) is 19.3 Å². The quantitative estimate of drug-likeness (QED) is 0.525. The summed E-state index contributed by atoms with van der Waals surface area (Å²) in [6.07, 6.45) is 7.07. The molecule has 1 saturated heterocycles. The number of H-pyrrole nitrogens is 1. The third-order valence-corrected chi connectivity index (χ3v) is 6.51. The van der Waals surface area contributed by atoms with Crippen LogP contribution in [0, 0.1) is 5.92 Å². The van der Waals surface area contributed by atoms with Crippen molar-refractivity contribution in [1.29, 1.82) is 0 Å². The number of aromatic amines is 1. The summed E-state index contributed by atoms with van der Waals surface area (Å²) >= 11 is 0. The summed E-state index contributed by atoms with van der Waals surface area (Å²) < 4.78 is 10.6. The lowest BCUT2D eigenvalue weighted by Crippen LogP contribution is -2.49. The molecule has 8 heteroatoms. The number of morpholine rings is 1. The number of Topliss-reactive ketones (excluding diaryl/α,β-unsaturated/α-hetero) is 1. The van der Waals surface area contributed by atoms with Crippen molar-refractivity contribution in [2.75, 3.05) is 46.5 Å². The molecule has 1 aliphatic carbocycles. The number of nitrogens with one attached hydrogen (secondary N) is 1. The topological polar surface area (TPSA) is 91.9 Å². The van der Waals surface area contributed by atoms with Gasteiger partial charge in [-0.15, -0.1) is 0 Å². The molecule has 2 heterocycles. The lowest BCUT2D eigenvalue weighted by molar-refractivity contribution is -0.141. The van der Waals surface area contributed by atoms with Gasteiger partial charge >= 0.3 is 0 Å². The van der Waals surface area contributed by atoms with E-state index >= 15 is 0 Å². The van der Waals surface area contributed by atoms with Crippen molar-refractivity contribution in [3.63, 3.8) is 0 Å². The fourth-order valence-electron chi connectivity index (χ4n) is 4.66. The highest BCUT2D eigenvalue weighted by Gasteiger charge is 2.31. The Kier molecular flexibility index (Phi) is 7.09. The number of aromatic nitrogens is 1. The number of methoxy groups -OCH3 is 1. The Bertz CT molecular complexity index is 980. The number of carbonyl (C=O) groups is 3. The predicted octanol–water partition coefficient (Wildman–Crippen LogP) is 2.87.